The largest absolute Gasteiger partial charge is 0.294 e. The van der Waals surface area contributed by atoms with Crippen LogP contribution in [0.1, 0.15) is 22.8 Å². The Labute approximate surface area is 131 Å². The Bertz CT molecular complexity index is 637. The number of halogens is 3. The lowest BCUT2D eigenvalue weighted by molar-refractivity contribution is 0.101. The van der Waals surface area contributed by atoms with Gasteiger partial charge in [-0.1, -0.05) is 0 Å². The smallest absolute Gasteiger partial charge is 0.162 e. The van der Waals surface area contributed by atoms with E-state index in [2.05, 4.69) is 50.2 Å². The van der Waals surface area contributed by atoms with Gasteiger partial charge in [-0.15, -0.1) is 0 Å². The highest BCUT2D eigenvalue weighted by Crippen LogP contribution is 2.24. The molecule has 0 saturated carbocycles. The van der Waals surface area contributed by atoms with Crippen molar-refractivity contribution in [1.29, 1.82) is 0 Å². The van der Waals surface area contributed by atoms with Crippen molar-refractivity contribution < 1.29 is 9.18 Å². The predicted molar refractivity (Wildman–Crippen MR) is 83.7 cm³/mol. The van der Waals surface area contributed by atoms with Crippen LogP contribution < -0.4 is 0 Å². The van der Waals surface area contributed by atoms with E-state index in [1.54, 1.807) is 23.9 Å². The fraction of sp³-hybridized carbons (Fsp3) is 0.167. The maximum absolute atomic E-state index is 13.6. The number of ketones is 1. The van der Waals surface area contributed by atoms with Gasteiger partial charge in [0.2, 0.25) is 0 Å². The van der Waals surface area contributed by atoms with Crippen LogP contribution in [-0.2, 0) is 0 Å². The first kappa shape index (κ1) is 13.9. The summed E-state index contributed by atoms with van der Waals surface area (Å²) in [5.41, 5.74) is 1.54. The summed E-state index contributed by atoms with van der Waals surface area (Å²) in [6, 6.07) is 2.96. The number of hydrogen-bond acceptors (Lipinski definition) is 2. The van der Waals surface area contributed by atoms with Crippen LogP contribution in [0.5, 0.6) is 0 Å². The molecule has 0 amide bonds. The third kappa shape index (κ3) is 2.44. The Morgan fingerprint density at radius 1 is 1.39 bits per heavy atom. The molecule has 18 heavy (non-hydrogen) atoms. The zero-order valence-corrected chi connectivity index (χ0v) is 14.0. The summed E-state index contributed by atoms with van der Waals surface area (Å²) < 4.78 is 17.1. The first-order valence-electron chi connectivity index (χ1n) is 5.11. The summed E-state index contributed by atoms with van der Waals surface area (Å²) in [6.07, 6.45) is 1.64. The topological polar surface area (TPSA) is 34.9 Å². The molecule has 0 atom stereocenters. The van der Waals surface area contributed by atoms with Crippen LogP contribution in [0.15, 0.2) is 18.5 Å². The number of aryl methyl sites for hydroxylation is 1. The van der Waals surface area contributed by atoms with Gasteiger partial charge in [-0.05, 0) is 76.7 Å². The van der Waals surface area contributed by atoms with Crippen LogP contribution in [0.25, 0.3) is 5.69 Å². The Balaban J connectivity index is 2.74. The van der Waals surface area contributed by atoms with Crippen LogP contribution in [-0.4, -0.2) is 15.3 Å². The van der Waals surface area contributed by atoms with Crippen LogP contribution in [0.3, 0.4) is 0 Å². The molecular weight excluding hydrogens is 461 g/mol. The Kier molecular flexibility index (Phi) is 4.05. The number of hydrogen-bond donors (Lipinski definition) is 0. The number of carbonyl (C=O) groups is 1. The molecule has 0 radical (unpaired) electrons. The number of nitrogens with zero attached hydrogens (tertiary/aromatic N) is 2. The number of benzene rings is 1. The molecule has 0 aliphatic heterocycles. The molecule has 1 heterocycles. The second kappa shape index (κ2) is 5.24. The van der Waals surface area contributed by atoms with Gasteiger partial charge in [0.1, 0.15) is 19.5 Å². The van der Waals surface area contributed by atoms with Gasteiger partial charge in [0.25, 0.3) is 0 Å². The molecule has 2 rings (SSSR count). The van der Waals surface area contributed by atoms with Gasteiger partial charge in [0.05, 0.1) is 5.69 Å². The quantitative estimate of drug-likeness (QED) is 0.496. The highest BCUT2D eigenvalue weighted by molar-refractivity contribution is 14.1. The van der Waals surface area contributed by atoms with E-state index in [1.807, 2.05) is 0 Å². The molecule has 1 aromatic carbocycles. The number of imidazole rings is 1. The maximum atomic E-state index is 13.6. The average molecular weight is 470 g/mol. The first-order chi connectivity index (χ1) is 8.41. The lowest BCUT2D eigenvalue weighted by Crippen LogP contribution is -2.06. The monoisotopic (exact) mass is 470 g/mol. The zero-order chi connectivity index (χ0) is 13.4. The average Bonchev–Trinajstić information content (AvgIpc) is 2.63. The van der Waals surface area contributed by atoms with Gasteiger partial charge in [-0.2, -0.15) is 0 Å². The number of aromatic nitrogens is 2. The van der Waals surface area contributed by atoms with E-state index < -0.39 is 0 Å². The minimum absolute atomic E-state index is 0.164. The van der Waals surface area contributed by atoms with Crippen molar-refractivity contribution >= 4 is 51.0 Å². The van der Waals surface area contributed by atoms with E-state index in [1.165, 1.54) is 13.0 Å². The lowest BCUT2D eigenvalue weighted by atomic mass is 10.1. The molecule has 0 aliphatic carbocycles. The molecule has 2 aromatic rings. The molecule has 3 nitrogen and oxygen atoms in total. The van der Waals surface area contributed by atoms with E-state index in [0.717, 1.165) is 7.40 Å². The molecule has 6 heteroatoms. The zero-order valence-electron chi connectivity index (χ0n) is 9.67. The van der Waals surface area contributed by atoms with Crippen molar-refractivity contribution in [1.82, 2.24) is 9.55 Å². The number of carbonyl (C=O) groups excluding carboxylic acids is 1. The first-order valence-corrected chi connectivity index (χ1v) is 7.27. The SMILES string of the molecule is CC(=O)c1cc(F)c(C)cc1-n1cnc(I)c1I. The normalized spacial score (nSPS) is 10.7. The lowest BCUT2D eigenvalue weighted by Gasteiger charge is -2.11. The van der Waals surface area contributed by atoms with Gasteiger partial charge in [0.15, 0.2) is 5.78 Å². The molecule has 0 N–H and O–H groups in total. The minimum Gasteiger partial charge on any atom is -0.294 e. The van der Waals surface area contributed by atoms with Gasteiger partial charge < -0.3 is 0 Å². The van der Waals surface area contributed by atoms with Crippen molar-refractivity contribution in [2.75, 3.05) is 0 Å². The van der Waals surface area contributed by atoms with E-state index in [4.69, 9.17) is 0 Å². The van der Waals surface area contributed by atoms with E-state index in [0.29, 0.717) is 16.8 Å². The van der Waals surface area contributed by atoms with Gasteiger partial charge in [-0.3, -0.25) is 9.36 Å². The highest BCUT2D eigenvalue weighted by atomic mass is 127. The van der Waals surface area contributed by atoms with E-state index in [-0.39, 0.29) is 11.6 Å². The summed E-state index contributed by atoms with van der Waals surface area (Å²) in [7, 11) is 0. The van der Waals surface area contributed by atoms with Gasteiger partial charge in [0, 0.05) is 5.56 Å². The third-order valence-corrected chi connectivity index (χ3v) is 5.44. The van der Waals surface area contributed by atoms with Crippen LogP contribution in [0.4, 0.5) is 4.39 Å². The van der Waals surface area contributed by atoms with Crippen molar-refractivity contribution in [2.45, 2.75) is 13.8 Å². The second-order valence-electron chi connectivity index (χ2n) is 3.87. The Morgan fingerprint density at radius 3 is 2.56 bits per heavy atom. The van der Waals surface area contributed by atoms with Crippen LogP contribution >= 0.6 is 45.2 Å². The van der Waals surface area contributed by atoms with Crippen LogP contribution in [0.2, 0.25) is 0 Å². The summed E-state index contributed by atoms with van der Waals surface area (Å²) >= 11 is 4.27. The molecule has 0 fully saturated rings. The second-order valence-corrected chi connectivity index (χ2v) is 5.91. The Hall–Kier alpha value is -0.510. The standard InChI is InChI=1S/C12H9FI2N2O/c1-6-3-10(8(7(2)18)4-9(6)13)17-5-16-11(14)12(17)15/h3-5H,1-2H3. The minimum atomic E-state index is -0.367. The maximum Gasteiger partial charge on any atom is 0.162 e. The number of Topliss-reactive ketones (excluding diaryl/α,β-unsaturated/α-hetero) is 1. The molecule has 0 aliphatic rings. The molecule has 0 bridgehead atoms. The summed E-state index contributed by atoms with van der Waals surface area (Å²) in [6.45, 7) is 3.11. The molecule has 0 saturated heterocycles. The fourth-order valence-corrected chi connectivity index (χ4v) is 2.54. The van der Waals surface area contributed by atoms with Crippen molar-refractivity contribution in [2.24, 2.45) is 0 Å². The molecule has 1 aromatic heterocycles. The third-order valence-electron chi connectivity index (χ3n) is 2.58. The van der Waals surface area contributed by atoms with Crippen molar-refractivity contribution in [3.63, 3.8) is 0 Å². The van der Waals surface area contributed by atoms with Crippen molar-refractivity contribution in [3.8, 4) is 5.69 Å². The van der Waals surface area contributed by atoms with Crippen molar-refractivity contribution in [3.05, 3.63) is 42.8 Å². The molecular formula is C12H9FI2N2O. The summed E-state index contributed by atoms with van der Waals surface area (Å²) in [5, 5.41) is 0. The molecule has 0 unspecified atom stereocenters. The summed E-state index contributed by atoms with van der Waals surface area (Å²) in [5.74, 6) is -0.530. The number of rotatable bonds is 2. The fourth-order valence-electron chi connectivity index (χ4n) is 1.63. The molecule has 0 spiro atoms. The van der Waals surface area contributed by atoms with Gasteiger partial charge >= 0.3 is 0 Å². The summed E-state index contributed by atoms with van der Waals surface area (Å²) in [4.78, 5) is 15.8. The van der Waals surface area contributed by atoms with Crippen LogP contribution in [0, 0.1) is 20.1 Å². The van der Waals surface area contributed by atoms with Gasteiger partial charge in [-0.25, -0.2) is 9.37 Å². The Morgan fingerprint density at radius 2 is 2.06 bits per heavy atom. The van der Waals surface area contributed by atoms with E-state index in [9.17, 15) is 9.18 Å². The highest BCUT2D eigenvalue weighted by Gasteiger charge is 2.15. The van der Waals surface area contributed by atoms with E-state index >= 15 is 0 Å². The molecule has 94 valence electrons. The predicted octanol–water partition coefficient (Wildman–Crippen LogP) is 3.73.